The average Bonchev–Trinajstić information content (AvgIpc) is 3.20. The molecule has 1 aromatic carbocycles. The third-order valence-corrected chi connectivity index (χ3v) is 4.39. The van der Waals surface area contributed by atoms with Crippen LogP contribution in [0.15, 0.2) is 24.3 Å². The molecule has 1 N–H and O–H groups in total. The minimum atomic E-state index is -0.156. The summed E-state index contributed by atoms with van der Waals surface area (Å²) in [7, 11) is 4.91. The van der Waals surface area contributed by atoms with Gasteiger partial charge in [0.1, 0.15) is 5.69 Å². The number of benzene rings is 1. The number of carbonyl (C=O) groups excluding carboxylic acids is 1. The molecule has 3 rings (SSSR count). The monoisotopic (exact) mass is 345 g/mol. The number of methoxy groups -OCH3 is 3. The zero-order chi connectivity index (χ0) is 17.8. The molecule has 0 saturated heterocycles. The van der Waals surface area contributed by atoms with E-state index in [0.717, 1.165) is 17.7 Å². The summed E-state index contributed by atoms with van der Waals surface area (Å²) < 4.78 is 17.7. The molecule has 0 unspecified atom stereocenters. The van der Waals surface area contributed by atoms with E-state index >= 15 is 0 Å². The Bertz CT molecular complexity index is 733. The number of rotatable bonds is 7. The fraction of sp³-hybridized carbons (Fsp3) is 0.444. The fourth-order valence-electron chi connectivity index (χ4n) is 2.98. The summed E-state index contributed by atoms with van der Waals surface area (Å²) in [5.41, 5.74) is 2.56. The van der Waals surface area contributed by atoms with Crippen molar-refractivity contribution in [1.29, 1.82) is 0 Å². The summed E-state index contributed by atoms with van der Waals surface area (Å²) >= 11 is 0. The van der Waals surface area contributed by atoms with Crippen molar-refractivity contribution in [1.82, 2.24) is 15.1 Å². The SMILES string of the molecule is COc1ccc(CCNC(=O)c2cc3n(n2)C[C@@H](OC)C3)cc1OC. The lowest BCUT2D eigenvalue weighted by atomic mass is 10.1. The normalized spacial score (nSPS) is 15.7. The highest BCUT2D eigenvalue weighted by Crippen LogP contribution is 2.27. The molecule has 134 valence electrons. The molecule has 2 aromatic rings. The van der Waals surface area contributed by atoms with Gasteiger partial charge in [0, 0.05) is 25.8 Å². The molecule has 1 amide bonds. The third-order valence-electron chi connectivity index (χ3n) is 4.39. The van der Waals surface area contributed by atoms with E-state index in [1.807, 2.05) is 28.9 Å². The quantitative estimate of drug-likeness (QED) is 0.822. The summed E-state index contributed by atoms with van der Waals surface area (Å²) in [4.78, 5) is 12.3. The highest BCUT2D eigenvalue weighted by Gasteiger charge is 2.24. The van der Waals surface area contributed by atoms with Crippen molar-refractivity contribution < 1.29 is 19.0 Å². The van der Waals surface area contributed by atoms with Gasteiger partial charge in [0.15, 0.2) is 11.5 Å². The molecule has 2 heterocycles. The van der Waals surface area contributed by atoms with Crippen LogP contribution in [0.3, 0.4) is 0 Å². The zero-order valence-corrected chi connectivity index (χ0v) is 14.7. The molecule has 25 heavy (non-hydrogen) atoms. The Labute approximate surface area is 146 Å². The molecular formula is C18H23N3O4. The van der Waals surface area contributed by atoms with Crippen molar-refractivity contribution in [3.63, 3.8) is 0 Å². The van der Waals surface area contributed by atoms with E-state index in [2.05, 4.69) is 10.4 Å². The lowest BCUT2D eigenvalue weighted by Gasteiger charge is -2.10. The van der Waals surface area contributed by atoms with Crippen LogP contribution < -0.4 is 14.8 Å². The number of carbonyl (C=O) groups is 1. The summed E-state index contributed by atoms with van der Waals surface area (Å²) in [6.45, 7) is 1.22. The van der Waals surface area contributed by atoms with Crippen LogP contribution in [0.1, 0.15) is 21.7 Å². The predicted octanol–water partition coefficient (Wildman–Crippen LogP) is 1.44. The van der Waals surface area contributed by atoms with Gasteiger partial charge >= 0.3 is 0 Å². The van der Waals surface area contributed by atoms with E-state index in [4.69, 9.17) is 14.2 Å². The number of hydrogen-bond donors (Lipinski definition) is 1. The Balaban J connectivity index is 1.53. The minimum absolute atomic E-state index is 0.156. The maximum Gasteiger partial charge on any atom is 0.271 e. The van der Waals surface area contributed by atoms with Crippen molar-refractivity contribution in [2.75, 3.05) is 27.9 Å². The molecule has 0 aliphatic carbocycles. The molecule has 0 saturated carbocycles. The van der Waals surface area contributed by atoms with E-state index in [-0.39, 0.29) is 12.0 Å². The van der Waals surface area contributed by atoms with Crippen LogP contribution in [-0.4, -0.2) is 49.7 Å². The highest BCUT2D eigenvalue weighted by molar-refractivity contribution is 5.92. The van der Waals surface area contributed by atoms with E-state index in [1.54, 1.807) is 21.3 Å². The lowest BCUT2D eigenvalue weighted by molar-refractivity contribution is 0.0936. The number of fused-ring (bicyclic) bond motifs is 1. The van der Waals surface area contributed by atoms with Gasteiger partial charge < -0.3 is 19.5 Å². The van der Waals surface area contributed by atoms with E-state index in [9.17, 15) is 4.79 Å². The molecule has 0 spiro atoms. The van der Waals surface area contributed by atoms with Gasteiger partial charge in [-0.3, -0.25) is 9.48 Å². The van der Waals surface area contributed by atoms with Crippen LogP contribution in [0.2, 0.25) is 0 Å². The van der Waals surface area contributed by atoms with Crippen LogP contribution in [0, 0.1) is 0 Å². The maximum atomic E-state index is 12.3. The first-order valence-electron chi connectivity index (χ1n) is 8.23. The van der Waals surface area contributed by atoms with Gasteiger partial charge in [0.2, 0.25) is 0 Å². The average molecular weight is 345 g/mol. The largest absolute Gasteiger partial charge is 0.493 e. The Morgan fingerprint density at radius 2 is 2.04 bits per heavy atom. The Morgan fingerprint density at radius 3 is 2.72 bits per heavy atom. The van der Waals surface area contributed by atoms with E-state index < -0.39 is 0 Å². The van der Waals surface area contributed by atoms with Crippen LogP contribution in [-0.2, 0) is 24.1 Å². The number of hydrogen-bond acceptors (Lipinski definition) is 5. The number of nitrogens with zero attached hydrogens (tertiary/aromatic N) is 2. The van der Waals surface area contributed by atoms with Gasteiger partial charge in [0.05, 0.1) is 26.9 Å². The molecule has 0 bridgehead atoms. The van der Waals surface area contributed by atoms with E-state index in [1.165, 1.54) is 0 Å². The second kappa shape index (κ2) is 7.57. The summed E-state index contributed by atoms with van der Waals surface area (Å²) in [5.74, 6) is 1.22. The highest BCUT2D eigenvalue weighted by atomic mass is 16.5. The van der Waals surface area contributed by atoms with Gasteiger partial charge in [-0.15, -0.1) is 0 Å². The van der Waals surface area contributed by atoms with Gasteiger partial charge in [0.25, 0.3) is 5.91 Å². The standard InChI is InChI=1S/C18H23N3O4/c1-23-14-9-13-10-15(20-21(13)11-14)18(22)19-7-6-12-4-5-16(24-2)17(8-12)25-3/h4-5,8,10,14H,6-7,9,11H2,1-3H3,(H,19,22)/t14-/m0/s1. The first-order valence-corrected chi connectivity index (χ1v) is 8.23. The Hall–Kier alpha value is -2.54. The van der Waals surface area contributed by atoms with Crippen LogP contribution in [0.5, 0.6) is 11.5 Å². The number of ether oxygens (including phenoxy) is 3. The second-order valence-corrected chi connectivity index (χ2v) is 5.96. The number of amides is 1. The van der Waals surface area contributed by atoms with Crippen LogP contribution in [0.4, 0.5) is 0 Å². The summed E-state index contributed by atoms with van der Waals surface area (Å²) in [6.07, 6.45) is 1.65. The molecule has 1 aliphatic rings. The fourth-order valence-corrected chi connectivity index (χ4v) is 2.98. The topological polar surface area (TPSA) is 74.6 Å². The van der Waals surface area contributed by atoms with Crippen LogP contribution >= 0.6 is 0 Å². The van der Waals surface area contributed by atoms with E-state index in [0.29, 0.717) is 36.7 Å². The number of aromatic nitrogens is 2. The first-order chi connectivity index (χ1) is 12.1. The van der Waals surface area contributed by atoms with Crippen molar-refractivity contribution in [3.05, 3.63) is 41.2 Å². The predicted molar refractivity (Wildman–Crippen MR) is 92.3 cm³/mol. The van der Waals surface area contributed by atoms with Gasteiger partial charge in [-0.25, -0.2) is 0 Å². The molecule has 1 atom stereocenters. The van der Waals surface area contributed by atoms with Crippen LogP contribution in [0.25, 0.3) is 0 Å². The molecule has 1 aliphatic heterocycles. The molecular weight excluding hydrogens is 322 g/mol. The zero-order valence-electron chi connectivity index (χ0n) is 14.7. The maximum absolute atomic E-state index is 12.3. The number of nitrogens with one attached hydrogen (secondary N) is 1. The molecule has 0 radical (unpaired) electrons. The van der Waals surface area contributed by atoms with Crippen molar-refractivity contribution in [3.8, 4) is 11.5 Å². The van der Waals surface area contributed by atoms with Crippen molar-refractivity contribution in [2.45, 2.75) is 25.5 Å². The van der Waals surface area contributed by atoms with Crippen molar-refractivity contribution in [2.24, 2.45) is 0 Å². The Kier molecular flexibility index (Phi) is 5.23. The second-order valence-electron chi connectivity index (χ2n) is 5.96. The molecule has 7 heteroatoms. The minimum Gasteiger partial charge on any atom is -0.493 e. The molecule has 7 nitrogen and oxygen atoms in total. The molecule has 0 fully saturated rings. The van der Waals surface area contributed by atoms with Gasteiger partial charge in [-0.2, -0.15) is 5.10 Å². The van der Waals surface area contributed by atoms with Gasteiger partial charge in [-0.1, -0.05) is 6.07 Å². The first kappa shape index (κ1) is 17.3. The lowest BCUT2D eigenvalue weighted by Crippen LogP contribution is -2.26. The third kappa shape index (κ3) is 3.76. The van der Waals surface area contributed by atoms with Crippen molar-refractivity contribution >= 4 is 5.91 Å². The smallest absolute Gasteiger partial charge is 0.271 e. The Morgan fingerprint density at radius 1 is 1.24 bits per heavy atom. The summed E-state index contributed by atoms with van der Waals surface area (Å²) in [6, 6.07) is 7.58. The summed E-state index contributed by atoms with van der Waals surface area (Å²) in [5, 5.41) is 7.26. The molecule has 1 aromatic heterocycles. The van der Waals surface area contributed by atoms with Gasteiger partial charge in [-0.05, 0) is 30.2 Å².